The van der Waals surface area contributed by atoms with Gasteiger partial charge in [-0.2, -0.15) is 0 Å². The third kappa shape index (κ3) is 2.23. The van der Waals surface area contributed by atoms with E-state index < -0.39 is 0 Å². The van der Waals surface area contributed by atoms with E-state index in [0.29, 0.717) is 0 Å². The number of hydrogen-bond acceptors (Lipinski definition) is 1. The second-order valence-corrected chi connectivity index (χ2v) is 5.20. The van der Waals surface area contributed by atoms with Gasteiger partial charge >= 0.3 is 0 Å². The lowest BCUT2D eigenvalue weighted by molar-refractivity contribution is 0.248. The Labute approximate surface area is 92.7 Å². The molecule has 2 rings (SSSR count). The molecule has 0 amide bonds. The molecule has 0 heterocycles. The van der Waals surface area contributed by atoms with E-state index in [9.17, 15) is 0 Å². The SMILES string of the molecule is Cc1ccc(C2(N)CCC(C)CC2)cc1. The van der Waals surface area contributed by atoms with Crippen molar-refractivity contribution in [1.82, 2.24) is 0 Å². The monoisotopic (exact) mass is 203 g/mol. The zero-order valence-electron chi connectivity index (χ0n) is 9.79. The smallest absolute Gasteiger partial charge is 0.0409 e. The van der Waals surface area contributed by atoms with Crippen molar-refractivity contribution in [2.24, 2.45) is 11.7 Å². The molecule has 1 fully saturated rings. The van der Waals surface area contributed by atoms with Gasteiger partial charge in [-0.3, -0.25) is 0 Å². The number of rotatable bonds is 1. The number of nitrogens with two attached hydrogens (primary N) is 1. The molecule has 1 saturated carbocycles. The lowest BCUT2D eigenvalue weighted by Gasteiger charge is -2.36. The summed E-state index contributed by atoms with van der Waals surface area (Å²) in [6.07, 6.45) is 4.81. The van der Waals surface area contributed by atoms with E-state index in [0.717, 1.165) is 18.8 Å². The van der Waals surface area contributed by atoms with Crippen LogP contribution in [0.15, 0.2) is 24.3 Å². The van der Waals surface area contributed by atoms with Gasteiger partial charge in [-0.1, -0.05) is 36.8 Å². The van der Waals surface area contributed by atoms with Crippen LogP contribution < -0.4 is 5.73 Å². The molecule has 0 aromatic heterocycles. The molecule has 1 nitrogen and oxygen atoms in total. The lowest BCUT2D eigenvalue weighted by atomic mass is 9.74. The molecular weight excluding hydrogens is 182 g/mol. The molecule has 0 unspecified atom stereocenters. The third-order valence-corrected chi connectivity index (χ3v) is 3.79. The van der Waals surface area contributed by atoms with Crippen molar-refractivity contribution >= 4 is 0 Å². The second kappa shape index (κ2) is 3.97. The van der Waals surface area contributed by atoms with E-state index in [1.165, 1.54) is 24.0 Å². The standard InChI is InChI=1S/C14H21N/c1-11-3-5-13(6-4-11)14(15)9-7-12(2)8-10-14/h3-6,12H,7-10,15H2,1-2H3. The first-order valence-corrected chi connectivity index (χ1v) is 5.96. The van der Waals surface area contributed by atoms with Gasteiger partial charge in [0.25, 0.3) is 0 Å². The van der Waals surface area contributed by atoms with Crippen LogP contribution in [0.5, 0.6) is 0 Å². The molecule has 0 atom stereocenters. The van der Waals surface area contributed by atoms with Crippen molar-refractivity contribution in [3.05, 3.63) is 35.4 Å². The maximum Gasteiger partial charge on any atom is 0.0409 e. The van der Waals surface area contributed by atoms with Crippen LogP contribution in [-0.2, 0) is 5.54 Å². The largest absolute Gasteiger partial charge is 0.321 e. The average molecular weight is 203 g/mol. The number of aryl methyl sites for hydroxylation is 1. The summed E-state index contributed by atoms with van der Waals surface area (Å²) in [4.78, 5) is 0. The van der Waals surface area contributed by atoms with Crippen molar-refractivity contribution in [3.63, 3.8) is 0 Å². The minimum atomic E-state index is -0.0553. The summed E-state index contributed by atoms with van der Waals surface area (Å²) in [6, 6.07) is 8.74. The maximum atomic E-state index is 6.49. The van der Waals surface area contributed by atoms with Gasteiger partial charge in [-0.25, -0.2) is 0 Å². The Kier molecular flexibility index (Phi) is 2.83. The van der Waals surface area contributed by atoms with Crippen LogP contribution in [0, 0.1) is 12.8 Å². The van der Waals surface area contributed by atoms with Crippen molar-refractivity contribution in [2.45, 2.75) is 45.1 Å². The minimum Gasteiger partial charge on any atom is -0.321 e. The van der Waals surface area contributed by atoms with Crippen molar-refractivity contribution in [2.75, 3.05) is 0 Å². The average Bonchev–Trinajstić information content (AvgIpc) is 2.24. The normalized spacial score (nSPS) is 31.5. The van der Waals surface area contributed by atoms with Crippen LogP contribution in [0.2, 0.25) is 0 Å². The fourth-order valence-electron chi connectivity index (χ4n) is 2.45. The molecule has 82 valence electrons. The molecule has 0 aliphatic heterocycles. The fourth-order valence-corrected chi connectivity index (χ4v) is 2.45. The summed E-state index contributed by atoms with van der Waals surface area (Å²) in [7, 11) is 0. The lowest BCUT2D eigenvalue weighted by Crippen LogP contribution is -2.40. The Balaban J connectivity index is 2.18. The fraction of sp³-hybridized carbons (Fsp3) is 0.571. The molecule has 1 heteroatoms. The maximum absolute atomic E-state index is 6.49. The highest BCUT2D eigenvalue weighted by atomic mass is 14.7. The topological polar surface area (TPSA) is 26.0 Å². The molecule has 0 bridgehead atoms. The summed E-state index contributed by atoms with van der Waals surface area (Å²) in [5.41, 5.74) is 9.07. The molecule has 15 heavy (non-hydrogen) atoms. The van der Waals surface area contributed by atoms with E-state index >= 15 is 0 Å². The Bertz CT molecular complexity index is 318. The van der Waals surface area contributed by atoms with Gasteiger partial charge in [0.1, 0.15) is 0 Å². The second-order valence-electron chi connectivity index (χ2n) is 5.20. The highest BCUT2D eigenvalue weighted by Gasteiger charge is 2.31. The van der Waals surface area contributed by atoms with Gasteiger partial charge in [0, 0.05) is 5.54 Å². The van der Waals surface area contributed by atoms with Crippen LogP contribution in [-0.4, -0.2) is 0 Å². The third-order valence-electron chi connectivity index (χ3n) is 3.79. The minimum absolute atomic E-state index is 0.0553. The van der Waals surface area contributed by atoms with Crippen LogP contribution in [0.1, 0.15) is 43.7 Å². The van der Waals surface area contributed by atoms with E-state index in [1.807, 2.05) is 0 Å². The summed E-state index contributed by atoms with van der Waals surface area (Å²) in [5.74, 6) is 0.854. The molecule has 0 spiro atoms. The van der Waals surface area contributed by atoms with E-state index in [2.05, 4.69) is 38.1 Å². The van der Waals surface area contributed by atoms with Gasteiger partial charge in [0.05, 0.1) is 0 Å². The summed E-state index contributed by atoms with van der Waals surface area (Å²) >= 11 is 0. The first-order chi connectivity index (χ1) is 7.10. The Hall–Kier alpha value is -0.820. The quantitative estimate of drug-likeness (QED) is 0.744. The van der Waals surface area contributed by atoms with Gasteiger partial charge in [0.15, 0.2) is 0 Å². The van der Waals surface area contributed by atoms with Gasteiger partial charge in [0.2, 0.25) is 0 Å². The number of hydrogen-bond donors (Lipinski definition) is 1. The zero-order chi connectivity index (χ0) is 10.9. The highest BCUT2D eigenvalue weighted by Crippen LogP contribution is 2.37. The number of benzene rings is 1. The molecule has 1 aliphatic carbocycles. The van der Waals surface area contributed by atoms with Gasteiger partial charge in [-0.15, -0.1) is 0 Å². The first kappa shape index (κ1) is 10.7. The Morgan fingerprint density at radius 3 is 2.20 bits per heavy atom. The Morgan fingerprint density at radius 1 is 1.13 bits per heavy atom. The van der Waals surface area contributed by atoms with Gasteiger partial charge < -0.3 is 5.73 Å². The molecule has 1 aromatic carbocycles. The Morgan fingerprint density at radius 2 is 1.67 bits per heavy atom. The van der Waals surface area contributed by atoms with Crippen LogP contribution in [0.4, 0.5) is 0 Å². The van der Waals surface area contributed by atoms with E-state index in [-0.39, 0.29) is 5.54 Å². The summed E-state index contributed by atoms with van der Waals surface area (Å²) in [6.45, 7) is 4.45. The van der Waals surface area contributed by atoms with Crippen LogP contribution in [0.3, 0.4) is 0 Å². The zero-order valence-corrected chi connectivity index (χ0v) is 9.79. The summed E-state index contributed by atoms with van der Waals surface area (Å²) < 4.78 is 0. The van der Waals surface area contributed by atoms with E-state index in [4.69, 9.17) is 5.73 Å². The predicted molar refractivity (Wildman–Crippen MR) is 64.7 cm³/mol. The molecule has 2 N–H and O–H groups in total. The van der Waals surface area contributed by atoms with Gasteiger partial charge in [-0.05, 0) is 44.1 Å². The van der Waals surface area contributed by atoms with Crippen molar-refractivity contribution in [3.8, 4) is 0 Å². The van der Waals surface area contributed by atoms with Crippen LogP contribution >= 0.6 is 0 Å². The molecule has 0 saturated heterocycles. The van der Waals surface area contributed by atoms with Crippen molar-refractivity contribution < 1.29 is 0 Å². The molecule has 1 aromatic rings. The molecule has 0 radical (unpaired) electrons. The highest BCUT2D eigenvalue weighted by molar-refractivity contribution is 5.28. The first-order valence-electron chi connectivity index (χ1n) is 5.96. The summed E-state index contributed by atoms with van der Waals surface area (Å²) in [5, 5.41) is 0. The molecular formula is C14H21N. The van der Waals surface area contributed by atoms with Crippen LogP contribution in [0.25, 0.3) is 0 Å². The van der Waals surface area contributed by atoms with E-state index in [1.54, 1.807) is 0 Å². The predicted octanol–water partition coefficient (Wildman–Crippen LogP) is 3.36. The van der Waals surface area contributed by atoms with Crippen molar-refractivity contribution in [1.29, 1.82) is 0 Å². The molecule has 1 aliphatic rings.